The van der Waals surface area contributed by atoms with Gasteiger partial charge in [-0.2, -0.15) is 0 Å². The molecular formula is C16H25NO3. The Kier molecular flexibility index (Phi) is 6.02. The molecule has 0 heterocycles. The Balaban J connectivity index is 2.61. The lowest BCUT2D eigenvalue weighted by Crippen LogP contribution is -2.41. The monoisotopic (exact) mass is 279 g/mol. The number of benzene rings is 1. The molecule has 0 radical (unpaired) electrons. The van der Waals surface area contributed by atoms with Gasteiger partial charge in [0.15, 0.2) is 0 Å². The molecule has 0 saturated carbocycles. The summed E-state index contributed by atoms with van der Waals surface area (Å²) in [5, 5.41) is 12.2. The van der Waals surface area contributed by atoms with Crippen LogP contribution >= 0.6 is 0 Å². The third-order valence-electron chi connectivity index (χ3n) is 3.26. The summed E-state index contributed by atoms with van der Waals surface area (Å²) >= 11 is 0. The molecule has 0 spiro atoms. The van der Waals surface area contributed by atoms with Crippen LogP contribution in [-0.4, -0.2) is 29.8 Å². The molecule has 1 atom stereocenters. The Labute approximate surface area is 121 Å². The summed E-state index contributed by atoms with van der Waals surface area (Å²) in [6, 6.07) is 3.68. The van der Waals surface area contributed by atoms with Crippen LogP contribution in [0.2, 0.25) is 0 Å². The van der Waals surface area contributed by atoms with Gasteiger partial charge < -0.3 is 15.2 Å². The summed E-state index contributed by atoms with van der Waals surface area (Å²) in [6.45, 7) is 10.4. The van der Waals surface area contributed by atoms with Gasteiger partial charge in [0.05, 0.1) is 6.61 Å². The van der Waals surface area contributed by atoms with Gasteiger partial charge in [-0.15, -0.1) is 0 Å². The van der Waals surface area contributed by atoms with E-state index in [1.807, 2.05) is 33.8 Å². The molecule has 1 rings (SSSR count). The third kappa shape index (κ3) is 4.85. The quantitative estimate of drug-likeness (QED) is 0.806. The van der Waals surface area contributed by atoms with E-state index in [0.29, 0.717) is 13.0 Å². The minimum absolute atomic E-state index is 0.138. The second-order valence-corrected chi connectivity index (χ2v) is 5.55. The number of carboxylic acids is 1. The smallest absolute Gasteiger partial charge is 0.320 e. The van der Waals surface area contributed by atoms with Crippen molar-refractivity contribution in [3.8, 4) is 5.75 Å². The van der Waals surface area contributed by atoms with Crippen LogP contribution in [0.15, 0.2) is 12.1 Å². The van der Waals surface area contributed by atoms with E-state index in [0.717, 1.165) is 16.9 Å². The van der Waals surface area contributed by atoms with Crippen molar-refractivity contribution in [2.75, 3.05) is 6.61 Å². The van der Waals surface area contributed by atoms with E-state index >= 15 is 0 Å². The first-order valence-corrected chi connectivity index (χ1v) is 7.00. The van der Waals surface area contributed by atoms with Gasteiger partial charge in [-0.05, 0) is 43.5 Å². The first-order chi connectivity index (χ1) is 9.31. The van der Waals surface area contributed by atoms with Gasteiger partial charge in [-0.3, -0.25) is 4.79 Å². The highest BCUT2D eigenvalue weighted by molar-refractivity contribution is 5.73. The number of aliphatic carboxylic acids is 1. The first-order valence-electron chi connectivity index (χ1n) is 7.00. The molecule has 4 nitrogen and oxygen atoms in total. The van der Waals surface area contributed by atoms with E-state index in [4.69, 9.17) is 9.84 Å². The van der Waals surface area contributed by atoms with Crippen molar-refractivity contribution in [1.29, 1.82) is 0 Å². The number of hydrogen-bond donors (Lipinski definition) is 2. The normalized spacial score (nSPS) is 12.5. The van der Waals surface area contributed by atoms with Crippen molar-refractivity contribution >= 4 is 5.97 Å². The van der Waals surface area contributed by atoms with Crippen LogP contribution in [0.25, 0.3) is 0 Å². The van der Waals surface area contributed by atoms with Crippen LogP contribution in [0.3, 0.4) is 0 Å². The fourth-order valence-corrected chi connectivity index (χ4v) is 2.12. The van der Waals surface area contributed by atoms with Gasteiger partial charge in [-0.25, -0.2) is 0 Å². The SMILES string of the molecule is Cc1cc(C)c(C)c(OCCC(NC(C)C)C(=O)O)c1. The predicted octanol–water partition coefficient (Wildman–Crippen LogP) is 2.83. The molecule has 0 fully saturated rings. The number of nitrogens with one attached hydrogen (secondary N) is 1. The Morgan fingerprint density at radius 2 is 1.95 bits per heavy atom. The van der Waals surface area contributed by atoms with Crippen molar-refractivity contribution in [3.63, 3.8) is 0 Å². The highest BCUT2D eigenvalue weighted by Gasteiger charge is 2.18. The molecule has 1 aromatic rings. The fourth-order valence-electron chi connectivity index (χ4n) is 2.12. The average molecular weight is 279 g/mol. The van der Waals surface area contributed by atoms with Gasteiger partial charge in [-0.1, -0.05) is 19.9 Å². The summed E-state index contributed by atoms with van der Waals surface area (Å²) < 4.78 is 5.76. The average Bonchev–Trinajstić information content (AvgIpc) is 2.33. The number of ether oxygens (including phenoxy) is 1. The summed E-state index contributed by atoms with van der Waals surface area (Å²) in [7, 11) is 0. The second kappa shape index (κ2) is 7.29. The zero-order chi connectivity index (χ0) is 15.3. The van der Waals surface area contributed by atoms with Gasteiger partial charge in [0.25, 0.3) is 0 Å². The number of hydrogen-bond acceptors (Lipinski definition) is 3. The van der Waals surface area contributed by atoms with Gasteiger partial charge in [0, 0.05) is 12.5 Å². The topological polar surface area (TPSA) is 58.6 Å². The maximum atomic E-state index is 11.1. The Hall–Kier alpha value is -1.55. The largest absolute Gasteiger partial charge is 0.493 e. The zero-order valence-electron chi connectivity index (χ0n) is 13.0. The number of carboxylic acid groups (broad SMARTS) is 1. The molecule has 20 heavy (non-hydrogen) atoms. The Morgan fingerprint density at radius 3 is 2.50 bits per heavy atom. The molecular weight excluding hydrogens is 254 g/mol. The molecule has 0 aromatic heterocycles. The standard InChI is InChI=1S/C16H25NO3/c1-10(2)17-14(16(18)19)6-7-20-15-9-11(3)8-12(4)13(15)5/h8-10,14,17H,6-7H2,1-5H3,(H,18,19). The molecule has 0 aliphatic rings. The Bertz CT molecular complexity index is 469. The van der Waals surface area contributed by atoms with Crippen LogP contribution in [0.4, 0.5) is 0 Å². The van der Waals surface area contributed by atoms with Crippen LogP contribution in [0, 0.1) is 20.8 Å². The molecule has 0 amide bonds. The van der Waals surface area contributed by atoms with Crippen LogP contribution in [0.5, 0.6) is 5.75 Å². The van der Waals surface area contributed by atoms with E-state index in [1.165, 1.54) is 5.56 Å². The maximum absolute atomic E-state index is 11.1. The predicted molar refractivity (Wildman–Crippen MR) is 80.5 cm³/mol. The molecule has 1 aromatic carbocycles. The number of carbonyl (C=O) groups is 1. The summed E-state index contributed by atoms with van der Waals surface area (Å²) in [5.41, 5.74) is 3.45. The van der Waals surface area contributed by atoms with Crippen LogP contribution in [0.1, 0.15) is 37.0 Å². The lowest BCUT2D eigenvalue weighted by atomic mass is 10.1. The number of aryl methyl sites for hydroxylation is 2. The molecule has 0 aliphatic carbocycles. The molecule has 112 valence electrons. The second-order valence-electron chi connectivity index (χ2n) is 5.55. The van der Waals surface area contributed by atoms with Gasteiger partial charge in [0.2, 0.25) is 0 Å². The lowest BCUT2D eigenvalue weighted by molar-refractivity contribution is -0.140. The first kappa shape index (κ1) is 16.5. The minimum Gasteiger partial charge on any atom is -0.493 e. The molecule has 0 saturated heterocycles. The molecule has 2 N–H and O–H groups in total. The minimum atomic E-state index is -0.834. The van der Waals surface area contributed by atoms with Crippen molar-refractivity contribution in [2.24, 2.45) is 0 Å². The lowest BCUT2D eigenvalue weighted by Gasteiger charge is -2.18. The van der Waals surface area contributed by atoms with Crippen molar-refractivity contribution in [2.45, 2.75) is 53.1 Å². The van der Waals surface area contributed by atoms with Crippen LogP contribution in [-0.2, 0) is 4.79 Å². The van der Waals surface area contributed by atoms with Crippen LogP contribution < -0.4 is 10.1 Å². The molecule has 0 bridgehead atoms. The fraction of sp³-hybridized carbons (Fsp3) is 0.562. The molecule has 4 heteroatoms. The number of rotatable bonds is 7. The highest BCUT2D eigenvalue weighted by atomic mass is 16.5. The van der Waals surface area contributed by atoms with E-state index < -0.39 is 12.0 Å². The molecule has 1 unspecified atom stereocenters. The van der Waals surface area contributed by atoms with Crippen molar-refractivity contribution < 1.29 is 14.6 Å². The van der Waals surface area contributed by atoms with E-state index in [1.54, 1.807) is 0 Å². The Morgan fingerprint density at radius 1 is 1.30 bits per heavy atom. The maximum Gasteiger partial charge on any atom is 0.320 e. The third-order valence-corrected chi connectivity index (χ3v) is 3.26. The zero-order valence-corrected chi connectivity index (χ0v) is 13.0. The van der Waals surface area contributed by atoms with E-state index in [-0.39, 0.29) is 6.04 Å². The van der Waals surface area contributed by atoms with E-state index in [9.17, 15) is 4.79 Å². The van der Waals surface area contributed by atoms with E-state index in [2.05, 4.69) is 18.3 Å². The summed E-state index contributed by atoms with van der Waals surface area (Å²) in [6.07, 6.45) is 0.444. The molecule has 0 aliphatic heterocycles. The summed E-state index contributed by atoms with van der Waals surface area (Å²) in [4.78, 5) is 11.1. The van der Waals surface area contributed by atoms with Gasteiger partial charge in [0.1, 0.15) is 11.8 Å². The van der Waals surface area contributed by atoms with Crippen molar-refractivity contribution in [3.05, 3.63) is 28.8 Å². The highest BCUT2D eigenvalue weighted by Crippen LogP contribution is 2.23. The van der Waals surface area contributed by atoms with Gasteiger partial charge >= 0.3 is 5.97 Å². The van der Waals surface area contributed by atoms with Crippen molar-refractivity contribution in [1.82, 2.24) is 5.32 Å². The summed E-state index contributed by atoms with van der Waals surface area (Å²) in [5.74, 6) is 0.00984.